The second-order valence-corrected chi connectivity index (χ2v) is 15.8. The van der Waals surface area contributed by atoms with E-state index >= 15 is 0 Å². The van der Waals surface area contributed by atoms with Gasteiger partial charge in [-0.1, -0.05) is 170 Å². The first-order valence-electron chi connectivity index (χ1n) is 21.1. The van der Waals surface area contributed by atoms with Crippen LogP contribution in [0.25, 0.3) is 111 Å². The van der Waals surface area contributed by atoms with E-state index in [2.05, 4.69) is 215 Å². The Balaban J connectivity index is 0.985. The molecule has 4 nitrogen and oxygen atoms in total. The molecule has 0 fully saturated rings. The van der Waals surface area contributed by atoms with E-state index in [9.17, 15) is 0 Å². The van der Waals surface area contributed by atoms with Gasteiger partial charge in [0.2, 0.25) is 0 Å². The van der Waals surface area contributed by atoms with Gasteiger partial charge in [0.25, 0.3) is 0 Å². The summed E-state index contributed by atoms with van der Waals surface area (Å²) in [7, 11) is 0. The number of benzene rings is 9. The van der Waals surface area contributed by atoms with Gasteiger partial charge in [-0.2, -0.15) is 0 Å². The molecule has 3 heterocycles. The van der Waals surface area contributed by atoms with E-state index < -0.39 is 0 Å². The second-order valence-electron chi connectivity index (χ2n) is 15.8. The van der Waals surface area contributed by atoms with Crippen molar-refractivity contribution in [3.63, 3.8) is 0 Å². The standard InChI is InChI=1S/C58H38N4/c1-4-15-39(16-5-1)44-21-14-22-45(35-44)40-27-31-46(32-28-40)61-54-25-12-10-23-48(54)50-36-51-49-24-11-13-26-55(49)62(57(51)38-56(50)61)47-33-29-42(30-34-47)53-37-52(41-17-6-2-7-18-41)59-58(60-53)43-19-8-3-9-20-43/h1-38H. The Kier molecular flexibility index (Phi) is 8.46. The number of hydrogen-bond donors (Lipinski definition) is 0. The number of fused-ring (bicyclic) bond motifs is 6. The highest BCUT2D eigenvalue weighted by atomic mass is 15.0. The maximum atomic E-state index is 5.10. The lowest BCUT2D eigenvalue weighted by Gasteiger charge is -2.12. The lowest BCUT2D eigenvalue weighted by atomic mass is 9.99. The molecule has 0 amide bonds. The molecule has 0 aliphatic carbocycles. The quantitative estimate of drug-likeness (QED) is 0.161. The molecule has 290 valence electrons. The fourth-order valence-corrected chi connectivity index (χ4v) is 9.15. The van der Waals surface area contributed by atoms with Crippen molar-refractivity contribution >= 4 is 43.6 Å². The number of nitrogens with zero attached hydrogens (tertiary/aromatic N) is 4. The third kappa shape index (κ3) is 6.08. The smallest absolute Gasteiger partial charge is 0.160 e. The van der Waals surface area contributed by atoms with Crippen LogP contribution in [0, 0.1) is 0 Å². The molecule has 0 aliphatic heterocycles. The van der Waals surface area contributed by atoms with Gasteiger partial charge in [0.05, 0.1) is 33.5 Å². The van der Waals surface area contributed by atoms with Crippen molar-refractivity contribution in [3.05, 3.63) is 231 Å². The van der Waals surface area contributed by atoms with Gasteiger partial charge < -0.3 is 9.13 Å². The lowest BCUT2D eigenvalue weighted by Crippen LogP contribution is -1.97. The normalized spacial score (nSPS) is 11.5. The first kappa shape index (κ1) is 35.6. The second kappa shape index (κ2) is 14.7. The first-order chi connectivity index (χ1) is 30.7. The summed E-state index contributed by atoms with van der Waals surface area (Å²) in [6, 6.07) is 82.2. The molecule has 12 aromatic rings. The maximum Gasteiger partial charge on any atom is 0.160 e. The molecule has 12 rings (SSSR count). The van der Waals surface area contributed by atoms with Crippen LogP contribution in [0.1, 0.15) is 0 Å². The summed E-state index contributed by atoms with van der Waals surface area (Å²) in [5, 5.41) is 4.92. The molecule has 0 radical (unpaired) electrons. The van der Waals surface area contributed by atoms with E-state index in [1.54, 1.807) is 0 Å². The zero-order valence-electron chi connectivity index (χ0n) is 33.7. The molecular formula is C58H38N4. The van der Waals surface area contributed by atoms with Crippen LogP contribution < -0.4 is 0 Å². The predicted molar refractivity (Wildman–Crippen MR) is 258 cm³/mol. The molecule has 0 bridgehead atoms. The third-order valence-electron chi connectivity index (χ3n) is 12.1. The number of aromatic nitrogens is 4. The first-order valence-corrected chi connectivity index (χ1v) is 21.1. The van der Waals surface area contributed by atoms with Crippen LogP contribution in [0.3, 0.4) is 0 Å². The van der Waals surface area contributed by atoms with Crippen LogP contribution >= 0.6 is 0 Å². The number of rotatable bonds is 7. The Hall–Kier alpha value is -8.34. The Morgan fingerprint density at radius 2 is 0.645 bits per heavy atom. The summed E-state index contributed by atoms with van der Waals surface area (Å²) in [6.07, 6.45) is 0. The summed E-state index contributed by atoms with van der Waals surface area (Å²) in [5.41, 5.74) is 16.6. The van der Waals surface area contributed by atoms with Gasteiger partial charge in [-0.05, 0) is 82.9 Å². The monoisotopic (exact) mass is 790 g/mol. The van der Waals surface area contributed by atoms with E-state index in [1.807, 2.05) is 24.3 Å². The Morgan fingerprint density at radius 3 is 1.18 bits per heavy atom. The summed E-state index contributed by atoms with van der Waals surface area (Å²) < 4.78 is 4.83. The molecule has 4 heteroatoms. The van der Waals surface area contributed by atoms with Crippen molar-refractivity contribution in [1.29, 1.82) is 0 Å². The lowest BCUT2D eigenvalue weighted by molar-refractivity contribution is 1.16. The van der Waals surface area contributed by atoms with E-state index in [4.69, 9.17) is 9.97 Å². The Labute approximate surface area is 359 Å². The highest BCUT2D eigenvalue weighted by Crippen LogP contribution is 2.40. The van der Waals surface area contributed by atoms with Gasteiger partial charge >= 0.3 is 0 Å². The zero-order valence-corrected chi connectivity index (χ0v) is 33.7. The minimum Gasteiger partial charge on any atom is -0.309 e. The topological polar surface area (TPSA) is 35.6 Å². The van der Waals surface area contributed by atoms with Crippen LogP contribution in [-0.2, 0) is 0 Å². The van der Waals surface area contributed by atoms with Crippen molar-refractivity contribution in [2.75, 3.05) is 0 Å². The molecule has 9 aromatic carbocycles. The average molecular weight is 791 g/mol. The molecule has 0 spiro atoms. The molecule has 0 N–H and O–H groups in total. The fourth-order valence-electron chi connectivity index (χ4n) is 9.15. The summed E-state index contributed by atoms with van der Waals surface area (Å²) >= 11 is 0. The molecule has 3 aromatic heterocycles. The van der Waals surface area contributed by atoms with Crippen molar-refractivity contribution in [2.24, 2.45) is 0 Å². The summed E-state index contributed by atoms with van der Waals surface area (Å²) in [6.45, 7) is 0. The minimum absolute atomic E-state index is 0.708. The van der Waals surface area contributed by atoms with Gasteiger partial charge in [-0.15, -0.1) is 0 Å². The Bertz CT molecular complexity index is 3530. The highest BCUT2D eigenvalue weighted by Gasteiger charge is 2.19. The van der Waals surface area contributed by atoms with Gasteiger partial charge in [0, 0.05) is 49.6 Å². The van der Waals surface area contributed by atoms with Gasteiger partial charge in [-0.3, -0.25) is 0 Å². The van der Waals surface area contributed by atoms with Crippen molar-refractivity contribution in [2.45, 2.75) is 0 Å². The van der Waals surface area contributed by atoms with Crippen molar-refractivity contribution in [1.82, 2.24) is 19.1 Å². The van der Waals surface area contributed by atoms with E-state index in [0.29, 0.717) is 5.82 Å². The van der Waals surface area contributed by atoms with Crippen LogP contribution in [-0.4, -0.2) is 19.1 Å². The molecule has 0 unspecified atom stereocenters. The number of para-hydroxylation sites is 2. The summed E-state index contributed by atoms with van der Waals surface area (Å²) in [4.78, 5) is 10.1. The van der Waals surface area contributed by atoms with Gasteiger partial charge in [0.1, 0.15) is 0 Å². The predicted octanol–water partition coefficient (Wildman–Crippen LogP) is 15.0. The summed E-state index contributed by atoms with van der Waals surface area (Å²) in [5.74, 6) is 0.708. The van der Waals surface area contributed by atoms with Crippen molar-refractivity contribution < 1.29 is 0 Å². The fraction of sp³-hybridized carbons (Fsp3) is 0. The Morgan fingerprint density at radius 1 is 0.242 bits per heavy atom. The minimum atomic E-state index is 0.708. The third-order valence-corrected chi connectivity index (χ3v) is 12.1. The molecule has 0 aliphatic rings. The molecule has 62 heavy (non-hydrogen) atoms. The van der Waals surface area contributed by atoms with Gasteiger partial charge in [-0.25, -0.2) is 9.97 Å². The van der Waals surface area contributed by atoms with Crippen LogP contribution in [0.5, 0.6) is 0 Å². The van der Waals surface area contributed by atoms with E-state index in [-0.39, 0.29) is 0 Å². The van der Waals surface area contributed by atoms with Gasteiger partial charge in [0.15, 0.2) is 5.82 Å². The van der Waals surface area contributed by atoms with E-state index in [1.165, 1.54) is 60.3 Å². The maximum absolute atomic E-state index is 5.10. The number of hydrogen-bond acceptors (Lipinski definition) is 2. The highest BCUT2D eigenvalue weighted by molar-refractivity contribution is 6.19. The average Bonchev–Trinajstić information content (AvgIpc) is 3.86. The van der Waals surface area contributed by atoms with E-state index in [0.717, 1.165) is 45.0 Å². The molecule has 0 saturated heterocycles. The van der Waals surface area contributed by atoms with Crippen LogP contribution in [0.4, 0.5) is 0 Å². The van der Waals surface area contributed by atoms with Crippen LogP contribution in [0.2, 0.25) is 0 Å². The molecule has 0 saturated carbocycles. The van der Waals surface area contributed by atoms with Crippen molar-refractivity contribution in [3.8, 4) is 67.5 Å². The SMILES string of the molecule is c1ccc(-c2cccc(-c3ccc(-n4c5ccccc5c5cc6c7ccccc7n(-c7ccc(-c8cc(-c9ccccc9)nc(-c9ccccc9)n8)cc7)c6cc54)cc3)c2)cc1. The van der Waals surface area contributed by atoms with Crippen LogP contribution in [0.15, 0.2) is 231 Å². The molecule has 0 atom stereocenters. The zero-order chi connectivity index (χ0) is 41.0. The molecular weight excluding hydrogens is 753 g/mol. The largest absolute Gasteiger partial charge is 0.309 e.